The molecule has 86 valence electrons. The third-order valence-electron chi connectivity index (χ3n) is 2.71. The number of amides is 2. The van der Waals surface area contributed by atoms with Gasteiger partial charge in [0.15, 0.2) is 0 Å². The first-order valence-corrected chi connectivity index (χ1v) is 5.23. The van der Waals surface area contributed by atoms with E-state index in [-0.39, 0.29) is 12.5 Å². The van der Waals surface area contributed by atoms with E-state index in [1.807, 2.05) is 0 Å². The number of hydrogen-bond donors (Lipinski definition) is 1. The van der Waals surface area contributed by atoms with Crippen molar-refractivity contribution in [3.05, 3.63) is 0 Å². The predicted octanol–water partition coefficient (Wildman–Crippen LogP) is 0.601. The highest BCUT2D eigenvalue weighted by Crippen LogP contribution is 2.15. The summed E-state index contributed by atoms with van der Waals surface area (Å²) in [5.74, 6) is 0.662. The zero-order valence-corrected chi connectivity index (χ0v) is 9.28. The summed E-state index contributed by atoms with van der Waals surface area (Å²) in [4.78, 5) is 24.1. The average molecular weight is 214 g/mol. The Morgan fingerprint density at radius 3 is 2.53 bits per heavy atom. The van der Waals surface area contributed by atoms with Gasteiger partial charge >= 0.3 is 6.09 Å². The van der Waals surface area contributed by atoms with E-state index in [1.165, 1.54) is 7.11 Å². The number of nitrogens with one attached hydrogen (secondary N) is 1. The molecule has 5 heteroatoms. The van der Waals surface area contributed by atoms with Gasteiger partial charge in [-0.1, -0.05) is 6.92 Å². The summed E-state index contributed by atoms with van der Waals surface area (Å²) in [6.07, 6.45) is 1.53. The molecule has 1 heterocycles. The quantitative estimate of drug-likeness (QED) is 0.732. The number of likely N-dealkylation sites (tertiary alicyclic amines) is 1. The maximum atomic E-state index is 11.6. The SMILES string of the molecule is COC(=O)NCC(=O)N1CCC(C)CC1. The van der Waals surface area contributed by atoms with Crippen LogP contribution in [0.3, 0.4) is 0 Å². The van der Waals surface area contributed by atoms with Gasteiger partial charge in [0.1, 0.15) is 6.54 Å². The highest BCUT2D eigenvalue weighted by Gasteiger charge is 2.20. The molecule has 0 radical (unpaired) electrons. The van der Waals surface area contributed by atoms with Crippen LogP contribution in [0.2, 0.25) is 0 Å². The van der Waals surface area contributed by atoms with Gasteiger partial charge in [-0.3, -0.25) is 4.79 Å². The molecular formula is C10H18N2O3. The molecule has 1 N–H and O–H groups in total. The Bertz CT molecular complexity index is 235. The third-order valence-corrected chi connectivity index (χ3v) is 2.71. The zero-order valence-electron chi connectivity index (χ0n) is 9.28. The summed E-state index contributed by atoms with van der Waals surface area (Å²) in [6.45, 7) is 3.81. The van der Waals surface area contributed by atoms with E-state index in [1.54, 1.807) is 4.90 Å². The van der Waals surface area contributed by atoms with Gasteiger partial charge in [0.2, 0.25) is 5.91 Å². The molecule has 0 aliphatic carbocycles. The summed E-state index contributed by atoms with van der Waals surface area (Å²) in [7, 11) is 1.28. The molecule has 1 aliphatic rings. The van der Waals surface area contributed by atoms with Crippen LogP contribution in [0.1, 0.15) is 19.8 Å². The van der Waals surface area contributed by atoms with Gasteiger partial charge in [-0.25, -0.2) is 4.79 Å². The fourth-order valence-corrected chi connectivity index (χ4v) is 1.59. The molecule has 15 heavy (non-hydrogen) atoms. The van der Waals surface area contributed by atoms with Crippen molar-refractivity contribution in [3.8, 4) is 0 Å². The van der Waals surface area contributed by atoms with Crippen molar-refractivity contribution in [2.75, 3.05) is 26.7 Å². The first kappa shape index (κ1) is 11.8. The highest BCUT2D eigenvalue weighted by molar-refractivity contribution is 5.82. The van der Waals surface area contributed by atoms with Gasteiger partial charge in [0.25, 0.3) is 0 Å². The van der Waals surface area contributed by atoms with E-state index in [4.69, 9.17) is 0 Å². The van der Waals surface area contributed by atoms with Gasteiger partial charge in [0, 0.05) is 13.1 Å². The van der Waals surface area contributed by atoms with E-state index in [0.29, 0.717) is 5.92 Å². The topological polar surface area (TPSA) is 58.6 Å². The molecule has 1 fully saturated rings. The van der Waals surface area contributed by atoms with Crippen molar-refractivity contribution in [1.29, 1.82) is 0 Å². The molecule has 0 saturated carbocycles. The minimum atomic E-state index is -0.561. The molecule has 0 unspecified atom stereocenters. The van der Waals surface area contributed by atoms with Crippen LogP contribution >= 0.6 is 0 Å². The molecule has 0 spiro atoms. The standard InChI is InChI=1S/C10H18N2O3/c1-8-3-5-12(6-4-8)9(13)7-11-10(14)15-2/h8H,3-7H2,1-2H3,(H,11,14). The summed E-state index contributed by atoms with van der Waals surface area (Å²) in [6, 6.07) is 0. The number of nitrogens with zero attached hydrogens (tertiary/aromatic N) is 1. The van der Waals surface area contributed by atoms with Crippen LogP contribution in [0.25, 0.3) is 0 Å². The van der Waals surface area contributed by atoms with Crippen LogP contribution in [-0.2, 0) is 9.53 Å². The van der Waals surface area contributed by atoms with E-state index in [2.05, 4.69) is 17.0 Å². The van der Waals surface area contributed by atoms with Crippen LogP contribution in [-0.4, -0.2) is 43.6 Å². The van der Waals surface area contributed by atoms with Gasteiger partial charge in [0.05, 0.1) is 7.11 Å². The largest absolute Gasteiger partial charge is 0.453 e. The lowest BCUT2D eigenvalue weighted by Gasteiger charge is -2.30. The van der Waals surface area contributed by atoms with E-state index in [9.17, 15) is 9.59 Å². The minimum Gasteiger partial charge on any atom is -0.453 e. The number of ether oxygens (including phenoxy) is 1. The molecular weight excluding hydrogens is 196 g/mol. The Morgan fingerprint density at radius 2 is 2.00 bits per heavy atom. The number of alkyl carbamates (subject to hydrolysis) is 1. The summed E-state index contributed by atoms with van der Waals surface area (Å²) in [5, 5.41) is 2.39. The van der Waals surface area contributed by atoms with E-state index in [0.717, 1.165) is 25.9 Å². The molecule has 5 nitrogen and oxygen atoms in total. The Labute approximate surface area is 89.8 Å². The highest BCUT2D eigenvalue weighted by atomic mass is 16.5. The lowest BCUT2D eigenvalue weighted by Crippen LogP contribution is -2.43. The number of piperidine rings is 1. The monoisotopic (exact) mass is 214 g/mol. The van der Waals surface area contributed by atoms with E-state index < -0.39 is 6.09 Å². The Kier molecular flexibility index (Phi) is 4.39. The molecule has 1 saturated heterocycles. The second-order valence-electron chi connectivity index (χ2n) is 3.91. The summed E-state index contributed by atoms with van der Waals surface area (Å²) in [5.41, 5.74) is 0. The van der Waals surface area contributed by atoms with Crippen LogP contribution in [0.5, 0.6) is 0 Å². The van der Waals surface area contributed by atoms with Crippen molar-refractivity contribution in [1.82, 2.24) is 10.2 Å². The molecule has 0 atom stereocenters. The second-order valence-corrected chi connectivity index (χ2v) is 3.91. The Balaban J connectivity index is 2.25. The third kappa shape index (κ3) is 3.77. The number of carbonyl (C=O) groups is 2. The van der Waals surface area contributed by atoms with Gasteiger partial charge < -0.3 is 15.0 Å². The number of methoxy groups -OCH3 is 1. The lowest BCUT2D eigenvalue weighted by atomic mass is 9.99. The average Bonchev–Trinajstić information content (AvgIpc) is 2.26. The Hall–Kier alpha value is -1.26. The zero-order chi connectivity index (χ0) is 11.3. The fraction of sp³-hybridized carbons (Fsp3) is 0.800. The normalized spacial score (nSPS) is 17.3. The molecule has 1 aliphatic heterocycles. The van der Waals surface area contributed by atoms with Crippen LogP contribution < -0.4 is 5.32 Å². The first-order valence-electron chi connectivity index (χ1n) is 5.23. The lowest BCUT2D eigenvalue weighted by molar-refractivity contribution is -0.131. The number of hydrogen-bond acceptors (Lipinski definition) is 3. The maximum absolute atomic E-state index is 11.6. The molecule has 0 aromatic heterocycles. The van der Waals surface area contributed by atoms with Gasteiger partial charge in [-0.15, -0.1) is 0 Å². The number of rotatable bonds is 2. The van der Waals surface area contributed by atoms with Crippen molar-refractivity contribution in [2.45, 2.75) is 19.8 Å². The van der Waals surface area contributed by atoms with Crippen molar-refractivity contribution in [2.24, 2.45) is 5.92 Å². The molecule has 2 amide bonds. The smallest absolute Gasteiger partial charge is 0.407 e. The molecule has 0 aromatic rings. The second kappa shape index (κ2) is 5.58. The molecule has 0 bridgehead atoms. The van der Waals surface area contributed by atoms with Crippen molar-refractivity contribution < 1.29 is 14.3 Å². The maximum Gasteiger partial charge on any atom is 0.407 e. The van der Waals surface area contributed by atoms with Crippen LogP contribution in [0.15, 0.2) is 0 Å². The van der Waals surface area contributed by atoms with Gasteiger partial charge in [-0.2, -0.15) is 0 Å². The molecule has 0 aromatic carbocycles. The van der Waals surface area contributed by atoms with Crippen molar-refractivity contribution in [3.63, 3.8) is 0 Å². The minimum absolute atomic E-state index is 0.0288. The Morgan fingerprint density at radius 1 is 1.40 bits per heavy atom. The van der Waals surface area contributed by atoms with Gasteiger partial charge in [-0.05, 0) is 18.8 Å². The van der Waals surface area contributed by atoms with E-state index >= 15 is 0 Å². The summed E-state index contributed by atoms with van der Waals surface area (Å²) < 4.78 is 4.38. The predicted molar refractivity (Wildman–Crippen MR) is 55.4 cm³/mol. The molecule has 1 rings (SSSR count). The number of carbonyl (C=O) groups excluding carboxylic acids is 2. The fourth-order valence-electron chi connectivity index (χ4n) is 1.59. The van der Waals surface area contributed by atoms with Crippen molar-refractivity contribution >= 4 is 12.0 Å². The summed E-state index contributed by atoms with van der Waals surface area (Å²) >= 11 is 0. The first-order chi connectivity index (χ1) is 7.13. The van der Waals surface area contributed by atoms with Crippen LogP contribution in [0, 0.1) is 5.92 Å². The van der Waals surface area contributed by atoms with Crippen LogP contribution in [0.4, 0.5) is 4.79 Å².